The molecule has 2 N–H and O–H groups in total. The fourth-order valence-corrected chi connectivity index (χ4v) is 2.36. The number of aryl methyl sites for hydroxylation is 1. The second-order valence-corrected chi connectivity index (χ2v) is 5.13. The van der Waals surface area contributed by atoms with Gasteiger partial charge < -0.3 is 15.4 Å². The van der Waals surface area contributed by atoms with Crippen molar-refractivity contribution >= 4 is 17.3 Å². The quantitative estimate of drug-likeness (QED) is 0.723. The number of rotatable bonds is 5. The average Bonchev–Trinajstić information content (AvgIpc) is 3.07. The number of aromatic nitrogens is 5. The third-order valence-electron chi connectivity index (χ3n) is 3.49. The third-order valence-corrected chi connectivity index (χ3v) is 3.49. The van der Waals surface area contributed by atoms with Crippen LogP contribution in [0.3, 0.4) is 0 Å². The number of ether oxygens (including phenoxy) is 1. The number of anilines is 2. The number of nitrogens with zero attached hydrogens (tertiary/aromatic N) is 5. The zero-order valence-electron chi connectivity index (χ0n) is 14.0. The Morgan fingerprint density at radius 2 is 2.08 bits per heavy atom. The van der Waals surface area contributed by atoms with Gasteiger partial charge in [0.15, 0.2) is 17.3 Å². The number of para-hydroxylation sites is 1. The zero-order valence-corrected chi connectivity index (χ0v) is 14.0. The van der Waals surface area contributed by atoms with Crippen molar-refractivity contribution in [2.45, 2.75) is 0 Å². The van der Waals surface area contributed by atoms with E-state index in [2.05, 4.69) is 30.9 Å². The smallest absolute Gasteiger partial charge is 0.273 e. The van der Waals surface area contributed by atoms with Crippen molar-refractivity contribution in [2.24, 2.45) is 7.05 Å². The van der Waals surface area contributed by atoms with Crippen LogP contribution in [0.5, 0.6) is 5.75 Å². The molecule has 0 fully saturated rings. The number of carbonyl (C=O) groups excluding carboxylic acids is 1. The summed E-state index contributed by atoms with van der Waals surface area (Å²) < 4.78 is 7.17. The molecule has 128 valence electrons. The fraction of sp³-hybridized carbons (Fsp3) is 0.188. The third kappa shape index (κ3) is 3.25. The van der Waals surface area contributed by atoms with E-state index in [1.807, 2.05) is 18.2 Å². The van der Waals surface area contributed by atoms with Crippen LogP contribution in [0.1, 0.15) is 10.5 Å². The monoisotopic (exact) mass is 339 g/mol. The lowest BCUT2D eigenvalue weighted by Gasteiger charge is -2.15. The van der Waals surface area contributed by atoms with Gasteiger partial charge >= 0.3 is 0 Å². The molecule has 3 aromatic rings. The molecule has 25 heavy (non-hydrogen) atoms. The van der Waals surface area contributed by atoms with E-state index in [9.17, 15) is 4.79 Å². The fourth-order valence-electron chi connectivity index (χ4n) is 2.36. The molecule has 9 nitrogen and oxygen atoms in total. The molecule has 0 atom stereocenters. The maximum Gasteiger partial charge on any atom is 0.273 e. The molecule has 3 rings (SSSR count). The minimum Gasteiger partial charge on any atom is -0.494 e. The molecule has 9 heteroatoms. The summed E-state index contributed by atoms with van der Waals surface area (Å²) in [4.78, 5) is 16.2. The normalized spacial score (nSPS) is 10.4. The van der Waals surface area contributed by atoms with E-state index in [0.29, 0.717) is 22.9 Å². The highest BCUT2D eigenvalue weighted by atomic mass is 16.5. The van der Waals surface area contributed by atoms with E-state index in [0.717, 1.165) is 5.56 Å². The second kappa shape index (κ2) is 6.95. The average molecular weight is 339 g/mol. The molecule has 0 saturated carbocycles. The summed E-state index contributed by atoms with van der Waals surface area (Å²) in [5, 5.41) is 17.7. The molecule has 0 unspecified atom stereocenters. The Balaban J connectivity index is 2.03. The molecular weight excluding hydrogens is 322 g/mol. The van der Waals surface area contributed by atoms with Crippen LogP contribution in [-0.2, 0) is 7.05 Å². The predicted molar refractivity (Wildman–Crippen MR) is 91.7 cm³/mol. The number of carbonyl (C=O) groups is 1. The van der Waals surface area contributed by atoms with Gasteiger partial charge in [0.25, 0.3) is 5.91 Å². The summed E-state index contributed by atoms with van der Waals surface area (Å²) in [6.45, 7) is 0. The van der Waals surface area contributed by atoms with Crippen molar-refractivity contribution in [2.75, 3.05) is 19.5 Å². The van der Waals surface area contributed by atoms with Crippen LogP contribution in [0.15, 0.2) is 36.8 Å². The molecule has 0 spiro atoms. The molecule has 2 heterocycles. The minimum absolute atomic E-state index is 0.188. The maximum absolute atomic E-state index is 12.0. The van der Waals surface area contributed by atoms with Gasteiger partial charge in [-0.2, -0.15) is 10.2 Å². The number of hydrogen-bond donors (Lipinski definition) is 2. The molecule has 0 aliphatic heterocycles. The van der Waals surface area contributed by atoms with Crippen molar-refractivity contribution in [1.29, 1.82) is 0 Å². The molecule has 1 amide bonds. The lowest BCUT2D eigenvalue weighted by atomic mass is 10.1. The summed E-state index contributed by atoms with van der Waals surface area (Å²) >= 11 is 0. The summed E-state index contributed by atoms with van der Waals surface area (Å²) in [5.74, 6) is 0.771. The Hall–Kier alpha value is -3.49. The number of amides is 1. The van der Waals surface area contributed by atoms with Gasteiger partial charge in [0.1, 0.15) is 6.33 Å². The second-order valence-electron chi connectivity index (χ2n) is 5.13. The van der Waals surface area contributed by atoms with Crippen LogP contribution in [0.4, 0.5) is 11.4 Å². The summed E-state index contributed by atoms with van der Waals surface area (Å²) in [6, 6.07) is 7.22. The van der Waals surface area contributed by atoms with Crippen LogP contribution in [-0.4, -0.2) is 45.0 Å². The Morgan fingerprint density at radius 1 is 1.24 bits per heavy atom. The van der Waals surface area contributed by atoms with Gasteiger partial charge in [0, 0.05) is 14.1 Å². The lowest BCUT2D eigenvalue weighted by Crippen LogP contribution is -2.21. The van der Waals surface area contributed by atoms with Crippen LogP contribution < -0.4 is 15.4 Å². The van der Waals surface area contributed by atoms with Crippen molar-refractivity contribution in [3.63, 3.8) is 0 Å². The Kier molecular flexibility index (Phi) is 4.55. The molecule has 2 aromatic heterocycles. The van der Waals surface area contributed by atoms with Crippen molar-refractivity contribution in [1.82, 2.24) is 30.3 Å². The van der Waals surface area contributed by atoms with E-state index in [1.54, 1.807) is 31.2 Å². The first-order chi connectivity index (χ1) is 12.1. The van der Waals surface area contributed by atoms with Gasteiger partial charge in [-0.15, -0.1) is 5.10 Å². The Labute approximate surface area is 144 Å². The zero-order chi connectivity index (χ0) is 17.8. The van der Waals surface area contributed by atoms with Gasteiger partial charge in [0.2, 0.25) is 0 Å². The molecule has 0 saturated heterocycles. The number of hydrogen-bond acceptors (Lipinski definition) is 7. The summed E-state index contributed by atoms with van der Waals surface area (Å²) in [7, 11) is 4.90. The molecule has 0 radical (unpaired) electrons. The first-order valence-corrected chi connectivity index (χ1v) is 7.48. The van der Waals surface area contributed by atoms with E-state index >= 15 is 0 Å². The van der Waals surface area contributed by atoms with Crippen molar-refractivity contribution < 1.29 is 9.53 Å². The van der Waals surface area contributed by atoms with Crippen molar-refractivity contribution in [3.8, 4) is 17.1 Å². The van der Waals surface area contributed by atoms with Crippen LogP contribution in [0, 0.1) is 0 Å². The minimum atomic E-state index is -0.336. The van der Waals surface area contributed by atoms with Gasteiger partial charge in [-0.3, -0.25) is 9.48 Å². The highest BCUT2D eigenvalue weighted by Gasteiger charge is 2.17. The largest absolute Gasteiger partial charge is 0.494 e. The van der Waals surface area contributed by atoms with Gasteiger partial charge in [0.05, 0.1) is 30.2 Å². The van der Waals surface area contributed by atoms with Crippen LogP contribution in [0.2, 0.25) is 0 Å². The first-order valence-electron chi connectivity index (χ1n) is 7.48. The van der Waals surface area contributed by atoms with E-state index < -0.39 is 0 Å². The predicted octanol–water partition coefficient (Wildman–Crippen LogP) is 1.38. The highest BCUT2D eigenvalue weighted by molar-refractivity contribution is 5.98. The van der Waals surface area contributed by atoms with Crippen LogP contribution in [0.25, 0.3) is 11.4 Å². The Bertz CT molecular complexity index is 907. The maximum atomic E-state index is 12.0. The molecule has 0 aliphatic carbocycles. The SMILES string of the molecule is CNC(=O)c1nnccc1Nc1cccc(-c2ncn(C)n2)c1OC. The molecule has 1 aromatic carbocycles. The standard InChI is InChI=1S/C16H17N7O2/c1-17-16(24)13-11(7-8-19-21-13)20-12-6-4-5-10(14(12)25-3)15-18-9-23(2)22-15/h4-9H,1-3H3,(H,17,24)(H,19,20). The number of nitrogens with one attached hydrogen (secondary N) is 2. The Morgan fingerprint density at radius 3 is 2.76 bits per heavy atom. The lowest BCUT2D eigenvalue weighted by molar-refractivity contribution is 0.0958. The van der Waals surface area contributed by atoms with E-state index in [4.69, 9.17) is 4.74 Å². The van der Waals surface area contributed by atoms with Crippen LogP contribution >= 0.6 is 0 Å². The van der Waals surface area contributed by atoms with Gasteiger partial charge in [-0.05, 0) is 18.2 Å². The summed E-state index contributed by atoms with van der Waals surface area (Å²) in [5.41, 5.74) is 2.09. The van der Waals surface area contributed by atoms with E-state index in [-0.39, 0.29) is 11.6 Å². The van der Waals surface area contributed by atoms with Crippen molar-refractivity contribution in [3.05, 3.63) is 42.5 Å². The number of benzene rings is 1. The highest BCUT2D eigenvalue weighted by Crippen LogP contribution is 2.36. The topological polar surface area (TPSA) is 107 Å². The van der Waals surface area contributed by atoms with Gasteiger partial charge in [-0.1, -0.05) is 6.07 Å². The first kappa shape index (κ1) is 16.4. The molecular formula is C16H17N7O2. The van der Waals surface area contributed by atoms with Gasteiger partial charge in [-0.25, -0.2) is 4.98 Å². The molecule has 0 bridgehead atoms. The van der Waals surface area contributed by atoms with E-state index in [1.165, 1.54) is 13.2 Å². The summed E-state index contributed by atoms with van der Waals surface area (Å²) in [6.07, 6.45) is 3.12. The number of methoxy groups -OCH3 is 1. The molecule has 0 aliphatic rings.